The molecule has 0 N–H and O–H groups in total. The van der Waals surface area contributed by atoms with E-state index in [-0.39, 0.29) is 21.7 Å². The van der Waals surface area contributed by atoms with Crippen molar-refractivity contribution in [3.05, 3.63) is 209 Å². The van der Waals surface area contributed by atoms with Gasteiger partial charge in [-0.2, -0.15) is 0 Å². The van der Waals surface area contributed by atoms with Gasteiger partial charge < -0.3 is 4.90 Å². The number of rotatable bonds is 6. The third-order valence-corrected chi connectivity index (χ3v) is 14.2. The maximum atomic E-state index is 2.53. The molecule has 0 saturated carbocycles. The van der Waals surface area contributed by atoms with Crippen molar-refractivity contribution in [3.63, 3.8) is 0 Å². The Kier molecular flexibility index (Phi) is 9.39. The highest BCUT2D eigenvalue weighted by molar-refractivity contribution is 5.96. The molecule has 0 atom stereocenters. The maximum Gasteiger partial charge on any atom is 0.0540 e. The number of hydrogen-bond donors (Lipinski definition) is 0. The second-order valence-corrected chi connectivity index (χ2v) is 21.0. The molecule has 0 saturated heterocycles. The molecule has 0 bridgehead atoms. The second-order valence-electron chi connectivity index (χ2n) is 21.0. The van der Waals surface area contributed by atoms with Gasteiger partial charge in [0.15, 0.2) is 0 Å². The van der Waals surface area contributed by atoms with E-state index in [4.69, 9.17) is 0 Å². The zero-order valence-corrected chi connectivity index (χ0v) is 38.7. The van der Waals surface area contributed by atoms with Crippen LogP contribution in [0.3, 0.4) is 0 Å². The Balaban J connectivity index is 1.21. The van der Waals surface area contributed by atoms with Gasteiger partial charge in [-0.1, -0.05) is 215 Å². The zero-order valence-electron chi connectivity index (χ0n) is 38.7. The molecule has 8 aromatic rings. The van der Waals surface area contributed by atoms with E-state index in [1.807, 2.05) is 0 Å². The lowest BCUT2D eigenvalue weighted by Gasteiger charge is -2.32. The van der Waals surface area contributed by atoms with Gasteiger partial charge in [-0.3, -0.25) is 0 Å². The highest BCUT2D eigenvalue weighted by Crippen LogP contribution is 2.54. The van der Waals surface area contributed by atoms with Crippen molar-refractivity contribution in [1.82, 2.24) is 0 Å². The summed E-state index contributed by atoms with van der Waals surface area (Å²) in [6.45, 7) is 23.5. The van der Waals surface area contributed by atoms with Crippen LogP contribution in [0, 0.1) is 0 Å². The third kappa shape index (κ3) is 6.67. The van der Waals surface area contributed by atoms with E-state index in [0.717, 1.165) is 17.1 Å². The van der Waals surface area contributed by atoms with Crippen LogP contribution in [0.2, 0.25) is 0 Å². The molecule has 2 aliphatic rings. The van der Waals surface area contributed by atoms with Crippen molar-refractivity contribution in [2.75, 3.05) is 4.90 Å². The summed E-state index contributed by atoms with van der Waals surface area (Å²) in [6.07, 6.45) is 0. The van der Waals surface area contributed by atoms with E-state index in [9.17, 15) is 0 Å². The first-order chi connectivity index (χ1) is 30.0. The van der Waals surface area contributed by atoms with Crippen molar-refractivity contribution >= 4 is 17.1 Å². The molecule has 0 spiro atoms. The predicted molar refractivity (Wildman–Crippen MR) is 270 cm³/mol. The lowest BCUT2D eigenvalue weighted by atomic mass is 9.78. The van der Waals surface area contributed by atoms with Gasteiger partial charge in [-0.25, -0.2) is 0 Å². The fraction of sp³-hybridized carbons (Fsp3) is 0.226. The summed E-state index contributed by atoms with van der Waals surface area (Å²) < 4.78 is 0. The molecule has 0 aromatic heterocycles. The van der Waals surface area contributed by atoms with E-state index >= 15 is 0 Å². The number of benzene rings is 8. The van der Waals surface area contributed by atoms with E-state index in [2.05, 4.69) is 250 Å². The van der Waals surface area contributed by atoms with Crippen LogP contribution in [0.1, 0.15) is 103 Å². The number of fused-ring (bicyclic) bond motifs is 6. The van der Waals surface area contributed by atoms with Gasteiger partial charge in [0.25, 0.3) is 0 Å². The maximum absolute atomic E-state index is 2.53. The molecule has 312 valence electrons. The fourth-order valence-electron chi connectivity index (χ4n) is 10.7. The fourth-order valence-corrected chi connectivity index (χ4v) is 10.7. The van der Waals surface area contributed by atoms with E-state index in [1.54, 1.807) is 0 Å². The van der Waals surface area contributed by atoms with E-state index in [1.165, 1.54) is 89.0 Å². The normalized spacial score (nSPS) is 14.4. The first-order valence-electron chi connectivity index (χ1n) is 22.8. The molecule has 63 heavy (non-hydrogen) atoms. The van der Waals surface area contributed by atoms with Gasteiger partial charge in [0, 0.05) is 27.6 Å². The minimum Gasteiger partial charge on any atom is -0.309 e. The highest BCUT2D eigenvalue weighted by Gasteiger charge is 2.38. The Morgan fingerprint density at radius 1 is 0.333 bits per heavy atom. The monoisotopic (exact) mass is 817 g/mol. The second kappa shape index (κ2) is 14.6. The lowest BCUT2D eigenvalue weighted by molar-refractivity contribution is 0.569. The predicted octanol–water partition coefficient (Wildman–Crippen LogP) is 17.4. The Bertz CT molecular complexity index is 3050. The van der Waals surface area contributed by atoms with Gasteiger partial charge in [0.2, 0.25) is 0 Å². The largest absolute Gasteiger partial charge is 0.309 e. The summed E-state index contributed by atoms with van der Waals surface area (Å²) in [4.78, 5) is 2.53. The topological polar surface area (TPSA) is 3.24 Å². The summed E-state index contributed by atoms with van der Waals surface area (Å²) >= 11 is 0. The Hall–Kier alpha value is -6.44. The highest BCUT2D eigenvalue weighted by atomic mass is 15.1. The SMILES string of the molecule is CC(C)(C)c1cc(-c2ccccc2N(c2cccc(-c3cccc4c3C(C)(C)c3ccccc3-4)c2)c2ccccc2-c2ccc3c(c2)C(C)(C)c2ccccc2-3)cc(C(C)(C)C)c1. The summed E-state index contributed by atoms with van der Waals surface area (Å²) in [5.74, 6) is 0. The minimum absolute atomic E-state index is 0.0179. The Morgan fingerprint density at radius 2 is 0.794 bits per heavy atom. The molecule has 0 unspecified atom stereocenters. The smallest absolute Gasteiger partial charge is 0.0540 e. The molecule has 0 radical (unpaired) electrons. The molecule has 1 heteroatoms. The molecular weight excluding hydrogens is 759 g/mol. The van der Waals surface area contributed by atoms with Crippen LogP contribution >= 0.6 is 0 Å². The van der Waals surface area contributed by atoms with Crippen molar-refractivity contribution in [2.24, 2.45) is 0 Å². The Labute approximate surface area is 376 Å². The molecule has 1 nitrogen and oxygen atoms in total. The minimum atomic E-state index is -0.138. The molecule has 2 aliphatic carbocycles. The average molecular weight is 818 g/mol. The number of nitrogens with zero attached hydrogens (tertiary/aromatic N) is 1. The van der Waals surface area contributed by atoms with Gasteiger partial charge in [0.1, 0.15) is 0 Å². The first kappa shape index (κ1) is 40.6. The van der Waals surface area contributed by atoms with Crippen LogP contribution in [0.15, 0.2) is 176 Å². The van der Waals surface area contributed by atoms with Crippen LogP contribution in [0.4, 0.5) is 17.1 Å². The van der Waals surface area contributed by atoms with Crippen LogP contribution in [-0.4, -0.2) is 0 Å². The van der Waals surface area contributed by atoms with Crippen LogP contribution in [-0.2, 0) is 21.7 Å². The summed E-state index contributed by atoms with van der Waals surface area (Å²) in [5.41, 5.74) is 24.1. The van der Waals surface area contributed by atoms with Crippen molar-refractivity contribution in [2.45, 2.75) is 90.9 Å². The quantitative estimate of drug-likeness (QED) is 0.162. The van der Waals surface area contributed by atoms with Crippen LogP contribution in [0.5, 0.6) is 0 Å². The van der Waals surface area contributed by atoms with Gasteiger partial charge in [0.05, 0.1) is 11.4 Å². The van der Waals surface area contributed by atoms with E-state index < -0.39 is 0 Å². The number of para-hydroxylation sites is 2. The molecule has 0 fully saturated rings. The van der Waals surface area contributed by atoms with Crippen LogP contribution < -0.4 is 4.90 Å². The lowest BCUT2D eigenvalue weighted by Crippen LogP contribution is -2.17. The molecule has 10 rings (SSSR count). The first-order valence-corrected chi connectivity index (χ1v) is 22.8. The summed E-state index contributed by atoms with van der Waals surface area (Å²) in [6, 6.07) is 66.6. The van der Waals surface area contributed by atoms with Crippen molar-refractivity contribution in [1.29, 1.82) is 0 Å². The average Bonchev–Trinajstić information content (AvgIpc) is 3.65. The molecule has 0 amide bonds. The van der Waals surface area contributed by atoms with Gasteiger partial charge in [-0.15, -0.1) is 0 Å². The van der Waals surface area contributed by atoms with Crippen molar-refractivity contribution < 1.29 is 0 Å². The summed E-state index contributed by atoms with van der Waals surface area (Å²) in [5, 5.41) is 0. The van der Waals surface area contributed by atoms with Gasteiger partial charge >= 0.3 is 0 Å². The van der Waals surface area contributed by atoms with Gasteiger partial charge in [-0.05, 0) is 119 Å². The standard InChI is InChI=1S/C62H59N/c1-59(2,3)43-35-42(36-44(39-43)60(4,5)6)47-24-14-18-32-57(47)63(45-22-19-21-40(37-45)48-27-20-28-52-50-26-12-16-30-54(50)62(9,10)58(48)52)56-31-17-13-23-46(56)41-33-34-51-49-25-11-15-29-53(49)61(7,8)55(51)38-41/h11-39H,1-10H3. The zero-order chi connectivity index (χ0) is 44.1. The number of hydrogen-bond acceptors (Lipinski definition) is 1. The Morgan fingerprint density at radius 3 is 1.41 bits per heavy atom. The summed E-state index contributed by atoms with van der Waals surface area (Å²) in [7, 11) is 0. The molecule has 0 heterocycles. The van der Waals surface area contributed by atoms with E-state index in [0.29, 0.717) is 0 Å². The number of anilines is 3. The molecule has 8 aromatic carbocycles. The third-order valence-electron chi connectivity index (χ3n) is 14.2. The van der Waals surface area contributed by atoms with Crippen LogP contribution in [0.25, 0.3) is 55.6 Å². The molecular formula is C62H59N. The molecule has 0 aliphatic heterocycles. The van der Waals surface area contributed by atoms with Crippen molar-refractivity contribution in [3.8, 4) is 55.6 Å².